The topological polar surface area (TPSA) is 96.9 Å². The van der Waals surface area contributed by atoms with Crippen LogP contribution in [0.5, 0.6) is 11.5 Å². The molecule has 0 radical (unpaired) electrons. The van der Waals surface area contributed by atoms with Gasteiger partial charge in [0.05, 0.1) is 14.2 Å². The summed E-state index contributed by atoms with van der Waals surface area (Å²) in [6.07, 6.45) is -0.142. The van der Waals surface area contributed by atoms with Crippen LogP contribution in [0.4, 0.5) is 4.79 Å². The molecule has 0 saturated carbocycles. The van der Waals surface area contributed by atoms with Gasteiger partial charge in [0.1, 0.15) is 6.04 Å². The van der Waals surface area contributed by atoms with Crippen LogP contribution in [0.2, 0.25) is 0 Å². The van der Waals surface area contributed by atoms with Crippen LogP contribution in [0.15, 0.2) is 18.2 Å². The lowest BCUT2D eigenvalue weighted by atomic mass is 10.0. The highest BCUT2D eigenvalue weighted by atomic mass is 16.5. The molecule has 7 nitrogen and oxygen atoms in total. The van der Waals surface area contributed by atoms with Crippen molar-refractivity contribution < 1.29 is 24.2 Å². The quantitative estimate of drug-likeness (QED) is 0.710. The number of methoxy groups -OCH3 is 2. The Morgan fingerprint density at radius 2 is 1.96 bits per heavy atom. The fourth-order valence-corrected chi connectivity index (χ4v) is 2.05. The molecule has 0 aromatic heterocycles. The van der Waals surface area contributed by atoms with Crippen molar-refractivity contribution in [3.8, 4) is 11.5 Å². The third-order valence-electron chi connectivity index (χ3n) is 3.21. The number of hydrogen-bond donors (Lipinski definition) is 3. The molecule has 2 amide bonds. The number of amides is 2. The summed E-state index contributed by atoms with van der Waals surface area (Å²) in [5.41, 5.74) is 0.773. The Bertz CT molecular complexity index is 545. The molecular weight excluding hydrogens is 300 g/mol. The fourth-order valence-electron chi connectivity index (χ4n) is 2.05. The highest BCUT2D eigenvalue weighted by Gasteiger charge is 2.22. The molecule has 0 aliphatic carbocycles. The van der Waals surface area contributed by atoms with Crippen LogP contribution in [0.3, 0.4) is 0 Å². The van der Waals surface area contributed by atoms with Gasteiger partial charge in [-0.3, -0.25) is 4.79 Å². The lowest BCUT2D eigenvalue weighted by Crippen LogP contribution is -2.47. The maximum absolute atomic E-state index is 12.3. The minimum Gasteiger partial charge on any atom is -0.504 e. The number of alkyl carbamates (subject to hydrolysis) is 1. The first kappa shape index (κ1) is 18.6. The van der Waals surface area contributed by atoms with E-state index in [2.05, 4.69) is 15.4 Å². The van der Waals surface area contributed by atoms with Crippen LogP contribution in [0.25, 0.3) is 0 Å². The first-order chi connectivity index (χ1) is 10.9. The standard InChI is InChI=1S/C16H24N2O5/c1-10(2)7-12(18-16(21)23-4)15(20)17-9-11-5-6-13(19)14(8-11)22-3/h5-6,8,10,12,19H,7,9H2,1-4H3,(H,17,20)(H,18,21)/t12-/m0/s1. The van der Waals surface area contributed by atoms with E-state index in [0.717, 1.165) is 5.56 Å². The molecule has 0 aliphatic heterocycles. The van der Waals surface area contributed by atoms with E-state index in [4.69, 9.17) is 4.74 Å². The number of phenolic OH excluding ortho intramolecular Hbond substituents is 1. The predicted molar refractivity (Wildman–Crippen MR) is 85.3 cm³/mol. The summed E-state index contributed by atoms with van der Waals surface area (Å²) < 4.78 is 9.57. The Kier molecular flexibility index (Phi) is 7.18. The number of carbonyl (C=O) groups excluding carboxylic acids is 2. The monoisotopic (exact) mass is 324 g/mol. The molecular formula is C16H24N2O5. The largest absolute Gasteiger partial charge is 0.504 e. The van der Waals surface area contributed by atoms with Crippen LogP contribution in [-0.2, 0) is 16.1 Å². The Morgan fingerprint density at radius 3 is 2.52 bits per heavy atom. The summed E-state index contributed by atoms with van der Waals surface area (Å²) in [7, 11) is 2.71. The fraction of sp³-hybridized carbons (Fsp3) is 0.500. The minimum absolute atomic E-state index is 0.0348. The third-order valence-corrected chi connectivity index (χ3v) is 3.21. The van der Waals surface area contributed by atoms with Gasteiger partial charge in [-0.25, -0.2) is 4.79 Å². The Morgan fingerprint density at radius 1 is 1.26 bits per heavy atom. The molecule has 0 unspecified atom stereocenters. The van der Waals surface area contributed by atoms with E-state index in [9.17, 15) is 14.7 Å². The normalized spacial score (nSPS) is 11.7. The predicted octanol–water partition coefficient (Wildman–Crippen LogP) is 1.79. The van der Waals surface area contributed by atoms with Crippen molar-refractivity contribution in [2.45, 2.75) is 32.9 Å². The molecule has 23 heavy (non-hydrogen) atoms. The molecule has 1 rings (SSSR count). The van der Waals surface area contributed by atoms with Crippen molar-refractivity contribution in [3.63, 3.8) is 0 Å². The molecule has 1 aromatic carbocycles. The van der Waals surface area contributed by atoms with Gasteiger partial charge in [-0.2, -0.15) is 0 Å². The number of nitrogens with one attached hydrogen (secondary N) is 2. The molecule has 0 saturated heterocycles. The zero-order valence-corrected chi connectivity index (χ0v) is 13.9. The Hall–Kier alpha value is -2.44. The summed E-state index contributed by atoms with van der Waals surface area (Å²) in [4.78, 5) is 23.6. The number of aromatic hydroxyl groups is 1. The molecule has 1 atom stereocenters. The summed E-state index contributed by atoms with van der Waals surface area (Å²) in [5, 5.41) is 14.8. The van der Waals surface area contributed by atoms with Gasteiger partial charge in [0.2, 0.25) is 5.91 Å². The SMILES string of the molecule is COC(=O)N[C@@H](CC(C)C)C(=O)NCc1ccc(O)c(OC)c1. The average molecular weight is 324 g/mol. The number of benzene rings is 1. The van der Waals surface area contributed by atoms with Gasteiger partial charge in [-0.05, 0) is 30.0 Å². The van der Waals surface area contributed by atoms with Crippen LogP contribution in [0.1, 0.15) is 25.8 Å². The lowest BCUT2D eigenvalue weighted by Gasteiger charge is -2.19. The molecule has 1 aromatic rings. The molecule has 0 bridgehead atoms. The van der Waals surface area contributed by atoms with Crippen molar-refractivity contribution >= 4 is 12.0 Å². The summed E-state index contributed by atoms with van der Waals surface area (Å²) in [5.74, 6) is 0.309. The van der Waals surface area contributed by atoms with E-state index in [1.165, 1.54) is 20.3 Å². The maximum Gasteiger partial charge on any atom is 0.407 e. The van der Waals surface area contributed by atoms with Gasteiger partial charge < -0.3 is 25.2 Å². The van der Waals surface area contributed by atoms with E-state index >= 15 is 0 Å². The van der Waals surface area contributed by atoms with Crippen molar-refractivity contribution in [2.75, 3.05) is 14.2 Å². The highest BCUT2D eigenvalue weighted by Crippen LogP contribution is 2.26. The van der Waals surface area contributed by atoms with Gasteiger partial charge in [0.25, 0.3) is 0 Å². The molecule has 0 spiro atoms. The zero-order chi connectivity index (χ0) is 17.4. The van der Waals surface area contributed by atoms with Gasteiger partial charge in [-0.15, -0.1) is 0 Å². The number of ether oxygens (including phenoxy) is 2. The molecule has 0 aliphatic rings. The number of phenols is 1. The van der Waals surface area contributed by atoms with Crippen LogP contribution < -0.4 is 15.4 Å². The number of rotatable bonds is 7. The molecule has 128 valence electrons. The lowest BCUT2D eigenvalue weighted by molar-refractivity contribution is -0.123. The van der Waals surface area contributed by atoms with E-state index in [1.54, 1.807) is 12.1 Å². The van der Waals surface area contributed by atoms with E-state index in [0.29, 0.717) is 12.2 Å². The van der Waals surface area contributed by atoms with Crippen LogP contribution in [-0.4, -0.2) is 37.4 Å². The van der Waals surface area contributed by atoms with Crippen molar-refractivity contribution in [1.82, 2.24) is 10.6 Å². The van der Waals surface area contributed by atoms with Gasteiger partial charge in [0, 0.05) is 6.54 Å². The summed E-state index contributed by atoms with van der Waals surface area (Å²) in [6, 6.07) is 4.16. The van der Waals surface area contributed by atoms with Gasteiger partial charge in [0.15, 0.2) is 11.5 Å². The minimum atomic E-state index is -0.665. The van der Waals surface area contributed by atoms with E-state index in [1.807, 2.05) is 13.8 Å². The smallest absolute Gasteiger partial charge is 0.407 e. The summed E-state index contributed by atoms with van der Waals surface area (Å²) in [6.45, 7) is 4.18. The summed E-state index contributed by atoms with van der Waals surface area (Å²) >= 11 is 0. The number of hydrogen-bond acceptors (Lipinski definition) is 5. The van der Waals surface area contributed by atoms with Gasteiger partial charge in [-0.1, -0.05) is 19.9 Å². The van der Waals surface area contributed by atoms with Crippen LogP contribution >= 0.6 is 0 Å². The zero-order valence-electron chi connectivity index (χ0n) is 13.9. The average Bonchev–Trinajstić information content (AvgIpc) is 2.52. The van der Waals surface area contributed by atoms with Crippen molar-refractivity contribution in [3.05, 3.63) is 23.8 Å². The van der Waals surface area contributed by atoms with Gasteiger partial charge >= 0.3 is 6.09 Å². The second-order valence-corrected chi connectivity index (χ2v) is 5.54. The second-order valence-electron chi connectivity index (χ2n) is 5.54. The second kappa shape index (κ2) is 8.87. The van der Waals surface area contributed by atoms with E-state index in [-0.39, 0.29) is 24.1 Å². The van der Waals surface area contributed by atoms with Crippen LogP contribution in [0, 0.1) is 5.92 Å². The first-order valence-electron chi connectivity index (χ1n) is 7.35. The molecule has 7 heteroatoms. The Balaban J connectivity index is 2.68. The van der Waals surface area contributed by atoms with E-state index < -0.39 is 12.1 Å². The maximum atomic E-state index is 12.3. The van der Waals surface area contributed by atoms with Crippen molar-refractivity contribution in [2.24, 2.45) is 5.92 Å². The first-order valence-corrected chi connectivity index (χ1v) is 7.35. The highest BCUT2D eigenvalue weighted by molar-refractivity contribution is 5.85. The number of carbonyl (C=O) groups is 2. The molecule has 0 fully saturated rings. The molecule has 3 N–H and O–H groups in total. The van der Waals surface area contributed by atoms with Crippen molar-refractivity contribution in [1.29, 1.82) is 0 Å². The molecule has 0 heterocycles. The Labute approximate surface area is 136 Å². The third kappa shape index (κ3) is 6.06.